The second-order valence-corrected chi connectivity index (χ2v) is 28.5. The molecule has 24 N–H and O–H groups in total. The Bertz CT molecular complexity index is 4250. The van der Waals surface area contributed by atoms with Gasteiger partial charge >= 0.3 is 12.1 Å². The number of aliphatic hydroxyl groups excluding tert-OH is 1. The Morgan fingerprint density at radius 1 is 0.569 bits per heavy atom. The second kappa shape index (κ2) is 45.7. The number of allylic oxidation sites excluding steroid dienone is 2. The van der Waals surface area contributed by atoms with Gasteiger partial charge in [0.05, 0.1) is 13.0 Å². The summed E-state index contributed by atoms with van der Waals surface area (Å²) in [5.74, 6) is -14.0. The predicted molar refractivity (Wildman–Crippen MR) is 429 cm³/mol. The number of carbonyl (C=O) groups excluding carboxylic acids is 13. The number of carboxylic acid groups (broad SMARTS) is 1. The molecule has 2 heterocycles. The smallest absolute Gasteiger partial charge is 0.407 e. The minimum absolute atomic E-state index is 0.00537. The number of guanidine groups is 2. The maximum absolute atomic E-state index is 14.5. The molecule has 3 aromatic carbocycles. The van der Waals surface area contributed by atoms with Crippen molar-refractivity contribution in [3.63, 3.8) is 0 Å². The van der Waals surface area contributed by atoms with Gasteiger partial charge in [-0.1, -0.05) is 102 Å². The lowest BCUT2D eigenvalue weighted by atomic mass is 9.98. The van der Waals surface area contributed by atoms with Gasteiger partial charge in [-0.2, -0.15) is 0 Å². The summed E-state index contributed by atoms with van der Waals surface area (Å²) in [7, 11) is 0. The molecule has 37 heteroatoms. The Labute approximate surface area is 670 Å². The van der Waals surface area contributed by atoms with Crippen LogP contribution in [0, 0.1) is 10.8 Å². The Balaban J connectivity index is 1.11. The van der Waals surface area contributed by atoms with Crippen LogP contribution in [-0.2, 0) is 73.5 Å². The summed E-state index contributed by atoms with van der Waals surface area (Å²) in [5.41, 5.74) is 23.3. The van der Waals surface area contributed by atoms with Gasteiger partial charge in [-0.25, -0.2) is 4.79 Å². The van der Waals surface area contributed by atoms with Crippen molar-refractivity contribution in [2.45, 2.75) is 184 Å². The van der Waals surface area contributed by atoms with E-state index in [1.54, 1.807) is 64.1 Å². The van der Waals surface area contributed by atoms with Crippen LogP contribution in [0.25, 0.3) is 22.0 Å². The Morgan fingerprint density at radius 2 is 1.03 bits per heavy atom. The minimum atomic E-state index is -1.95. The van der Waals surface area contributed by atoms with Gasteiger partial charge in [-0.15, -0.1) is 13.2 Å². The first-order chi connectivity index (χ1) is 55.2. The molecule has 11 atom stereocenters. The average Bonchev–Trinajstić information content (AvgIpc) is 1.61. The van der Waals surface area contributed by atoms with Crippen molar-refractivity contribution in [3.8, 4) is 11.1 Å². The quantitative estimate of drug-likeness (QED) is 0.0114. The fraction of sp³-hybridized carbons (Fsp3) is 0.443. The zero-order chi connectivity index (χ0) is 85.3. The molecule has 13 amide bonds. The summed E-state index contributed by atoms with van der Waals surface area (Å²) < 4.78 is 5.53. The fourth-order valence-corrected chi connectivity index (χ4v) is 12.9. The number of primary amides is 1. The monoisotopic (exact) mass is 1610 g/mol. The van der Waals surface area contributed by atoms with Crippen LogP contribution < -0.4 is 86.3 Å². The number of fused-ring (bicyclic) bond motifs is 4. The van der Waals surface area contributed by atoms with Crippen LogP contribution in [0.3, 0.4) is 0 Å². The largest absolute Gasteiger partial charge is 0.481 e. The number of aliphatic hydroxyl groups is 1. The van der Waals surface area contributed by atoms with Gasteiger partial charge in [-0.05, 0) is 139 Å². The molecule has 0 bridgehead atoms. The van der Waals surface area contributed by atoms with Crippen LogP contribution in [0.15, 0.2) is 127 Å². The molecule has 37 nitrogen and oxygen atoms in total. The van der Waals surface area contributed by atoms with E-state index in [0.29, 0.717) is 16.8 Å². The lowest BCUT2D eigenvalue weighted by Gasteiger charge is -2.30. The van der Waals surface area contributed by atoms with Crippen LogP contribution >= 0.6 is 0 Å². The van der Waals surface area contributed by atoms with Crippen molar-refractivity contribution in [1.29, 1.82) is 10.8 Å². The number of nitrogens with two attached hydrogens (primary N) is 3. The molecule has 6 rings (SSSR count). The van der Waals surface area contributed by atoms with E-state index in [-0.39, 0.29) is 109 Å². The number of para-hydroxylation sites is 1. The highest BCUT2D eigenvalue weighted by molar-refractivity contribution is 6.01. The number of likely N-dealkylation sites (tertiary alicyclic amines) is 1. The number of nitrogens with zero attached hydrogens (tertiary/aromatic N) is 1. The summed E-state index contributed by atoms with van der Waals surface area (Å²) in [5, 5.41) is 69.5. The van der Waals surface area contributed by atoms with Gasteiger partial charge in [0.1, 0.15) is 79.6 Å². The summed E-state index contributed by atoms with van der Waals surface area (Å²) in [6.07, 6.45) is 3.23. The molecule has 1 aliphatic carbocycles. The number of hydrogen-bond donors (Lipinski definition) is 21. The first-order valence-electron chi connectivity index (χ1n) is 38.0. The number of rotatable bonds is 46. The van der Waals surface area contributed by atoms with Gasteiger partial charge in [0.15, 0.2) is 11.9 Å². The van der Waals surface area contributed by atoms with E-state index in [1.165, 1.54) is 19.1 Å². The molecule has 1 unspecified atom stereocenters. The topological polar surface area (TPSA) is 590 Å². The summed E-state index contributed by atoms with van der Waals surface area (Å²) >= 11 is 0. The van der Waals surface area contributed by atoms with Gasteiger partial charge in [-0.3, -0.25) is 73.1 Å². The highest BCUT2D eigenvalue weighted by Gasteiger charge is 2.42. The molecule has 2 aliphatic rings. The van der Waals surface area contributed by atoms with Crippen LogP contribution in [-0.4, -0.2) is 221 Å². The first-order valence-corrected chi connectivity index (χ1v) is 38.0. The number of amides is 13. The maximum Gasteiger partial charge on any atom is 0.407 e. The third kappa shape index (κ3) is 28.6. The number of hydrogen-bond acceptors (Lipinski definition) is 18. The molecule has 1 aliphatic heterocycles. The predicted octanol–water partition coefficient (Wildman–Crippen LogP) is -0.548. The normalized spacial score (nSPS) is 15.2. The number of benzene rings is 3. The van der Waals surface area contributed by atoms with Crippen molar-refractivity contribution < 1.29 is 82.1 Å². The highest BCUT2D eigenvalue weighted by atomic mass is 16.5. The van der Waals surface area contributed by atoms with E-state index in [9.17, 15) is 77.3 Å². The molecule has 626 valence electrons. The molecule has 1 fully saturated rings. The van der Waals surface area contributed by atoms with Crippen molar-refractivity contribution in [2.75, 3.05) is 39.4 Å². The zero-order valence-corrected chi connectivity index (χ0v) is 65.6. The maximum atomic E-state index is 14.5. The molecular weight excluding hydrogens is 1500 g/mol. The summed E-state index contributed by atoms with van der Waals surface area (Å²) in [6, 6.07) is 7.85. The fourth-order valence-electron chi connectivity index (χ4n) is 12.9. The average molecular weight is 1610 g/mol. The first kappa shape index (κ1) is 91.9. The lowest BCUT2D eigenvalue weighted by molar-refractivity contribution is -0.146. The second-order valence-electron chi connectivity index (χ2n) is 28.5. The van der Waals surface area contributed by atoms with E-state index in [0.717, 1.165) is 38.1 Å². The summed E-state index contributed by atoms with van der Waals surface area (Å²) in [6.45, 7) is 13.8. The SMILES string of the molecule is C=CC[C@H](NC(=O)CNC(=O)OCC1c2ccccc2-c2ccccc21)C(=O)N[C@@H](CC=C(C)C)C(=O)N[C@@H](CO)C(=O)N[C@@H](CC(=O)O)C(=O)N1CCCC1C(=O)N[C@@H](CCCNC(=N)N)C(=O)N[C@@H](CC=C)C(=O)N[C@@H](C)C(=O)N[C@@H](Cc1cc2ccccc2[nH]1)C(=O)N[C@@H](CCCNC(=N)N)C(=O)N[C@@H](CC=C(C)C)C(N)=O. The zero-order valence-electron chi connectivity index (χ0n) is 65.6. The molecule has 4 aromatic rings. The van der Waals surface area contributed by atoms with Crippen LogP contribution in [0.2, 0.25) is 0 Å². The molecule has 1 saturated heterocycles. The van der Waals surface area contributed by atoms with Gasteiger partial charge in [0, 0.05) is 43.2 Å². The minimum Gasteiger partial charge on any atom is -0.481 e. The number of carbonyl (C=O) groups is 14. The van der Waals surface area contributed by atoms with E-state index < -0.39 is 175 Å². The number of carboxylic acids is 1. The number of nitrogens with one attached hydrogen (secondary N) is 16. The number of alkyl carbamates (subject to hydrolysis) is 1. The van der Waals surface area contributed by atoms with Gasteiger partial charge in [0.25, 0.3) is 0 Å². The van der Waals surface area contributed by atoms with Crippen molar-refractivity contribution in [3.05, 3.63) is 144 Å². The van der Waals surface area contributed by atoms with E-state index in [4.69, 9.17) is 32.8 Å². The lowest BCUT2D eigenvalue weighted by Crippen LogP contribution is -2.61. The Hall–Kier alpha value is -13.0. The molecule has 116 heavy (non-hydrogen) atoms. The molecule has 0 radical (unpaired) electrons. The van der Waals surface area contributed by atoms with Crippen LogP contribution in [0.4, 0.5) is 4.79 Å². The number of aromatic nitrogens is 1. The molecule has 0 saturated carbocycles. The number of aromatic amines is 1. The highest BCUT2D eigenvalue weighted by Crippen LogP contribution is 2.44. The molecular formula is C79H108N20O17. The Kier molecular flexibility index (Phi) is 36.2. The van der Waals surface area contributed by atoms with Crippen molar-refractivity contribution in [2.24, 2.45) is 17.2 Å². The van der Waals surface area contributed by atoms with E-state index in [1.807, 2.05) is 54.6 Å². The van der Waals surface area contributed by atoms with Crippen LogP contribution in [0.1, 0.15) is 128 Å². The van der Waals surface area contributed by atoms with E-state index >= 15 is 0 Å². The number of H-pyrrole nitrogens is 1. The Morgan fingerprint density at radius 3 is 1.58 bits per heavy atom. The summed E-state index contributed by atoms with van der Waals surface area (Å²) in [4.78, 5) is 198. The van der Waals surface area contributed by atoms with Crippen molar-refractivity contribution in [1.82, 2.24) is 79.0 Å². The van der Waals surface area contributed by atoms with Gasteiger partial charge in [0.2, 0.25) is 70.9 Å². The van der Waals surface area contributed by atoms with Crippen molar-refractivity contribution >= 4 is 106 Å². The van der Waals surface area contributed by atoms with Gasteiger partial charge < -0.3 is 111 Å². The number of aliphatic carboxylic acids is 1. The molecule has 0 spiro atoms. The standard InChI is InChI=1S/C79H108N20O17/c1-8-19-55(90-64(101)40-87-79(115)116-42-52-50-24-13-11-22-48(50)49-23-12-14-25-51(49)52)69(107)94-59(33-31-44(5)6)72(110)98-62(41-100)74(112)97-61(39-65(102)103)76(114)99-36-18-29-63(99)75(113)95-58(28-17-35-86-78(83)84)71(109)92-56(20-9-2)68(106)88-45(7)67(105)96-60(38-47-37-46-21-10-15-26-53(46)89-47)73(111)93-57(27-16-34-85-77(81)82)70(108)91-54(66(80)104)32-30-43(3)4/h8-15,21-26,30-31,37,45,52,54-63,89,100H,1-2,16-20,27-29,32-36,38-42H2,3-7H3,(H2,80,104)(H,87,115)(H,88,106)(H,90,101)(H,91,108)(H,92,109)(H,93,111)(H,94,107)(H,95,113)(H,96,105)(H,97,112)(H,98,110)(H,102,103)(H4,81,82,85)(H4,83,84,86)/t45-,54-,55-,56-,57-,58-,59-,60-,61-,62-,63?/m0/s1. The van der Waals surface area contributed by atoms with E-state index in [2.05, 4.69) is 87.3 Å². The third-order valence-corrected chi connectivity index (χ3v) is 18.9. The number of ether oxygens (including phenoxy) is 1. The third-order valence-electron chi connectivity index (χ3n) is 18.9. The molecule has 1 aromatic heterocycles. The van der Waals surface area contributed by atoms with Crippen LogP contribution in [0.5, 0.6) is 0 Å².